The van der Waals surface area contributed by atoms with Crippen LogP contribution in [0.15, 0.2) is 18.2 Å². The van der Waals surface area contributed by atoms with Crippen molar-refractivity contribution in [2.24, 2.45) is 11.1 Å². The molecule has 2 unspecified atom stereocenters. The predicted octanol–water partition coefficient (Wildman–Crippen LogP) is 1.93. The molecule has 2 saturated heterocycles. The van der Waals surface area contributed by atoms with Crippen LogP contribution in [0.25, 0.3) is 0 Å². The average molecular weight is 425 g/mol. The van der Waals surface area contributed by atoms with Crippen molar-refractivity contribution in [3.05, 3.63) is 34.9 Å². The third-order valence-corrected chi connectivity index (χ3v) is 8.09. The van der Waals surface area contributed by atoms with Crippen molar-refractivity contribution in [3.63, 3.8) is 0 Å². The SMILES string of the molecule is NCC1(C2CCCCN2Cc2cccc3c2C(=O)N(C2CCC(=O)NC2=O)C3)CCC1. The molecule has 4 aliphatic rings. The van der Waals surface area contributed by atoms with Crippen LogP contribution in [0.2, 0.25) is 0 Å². The molecule has 1 aliphatic carbocycles. The van der Waals surface area contributed by atoms with Gasteiger partial charge in [-0.1, -0.05) is 31.0 Å². The maximum atomic E-state index is 13.4. The highest BCUT2D eigenvalue weighted by atomic mass is 16.2. The summed E-state index contributed by atoms with van der Waals surface area (Å²) < 4.78 is 0. The largest absolute Gasteiger partial charge is 0.330 e. The van der Waals surface area contributed by atoms with Gasteiger partial charge in [-0.15, -0.1) is 0 Å². The number of carbonyl (C=O) groups is 3. The number of hydrogen-bond donors (Lipinski definition) is 2. The number of carbonyl (C=O) groups excluding carboxylic acids is 3. The van der Waals surface area contributed by atoms with Gasteiger partial charge in [0, 0.05) is 31.1 Å². The number of piperidine rings is 2. The van der Waals surface area contributed by atoms with E-state index in [1.54, 1.807) is 4.90 Å². The van der Waals surface area contributed by atoms with Crippen LogP contribution >= 0.6 is 0 Å². The molecule has 3 heterocycles. The highest BCUT2D eigenvalue weighted by molar-refractivity contribution is 6.06. The lowest BCUT2D eigenvalue weighted by Gasteiger charge is -2.53. The third kappa shape index (κ3) is 3.48. The molecule has 3 fully saturated rings. The summed E-state index contributed by atoms with van der Waals surface area (Å²) in [6, 6.07) is 5.99. The van der Waals surface area contributed by atoms with E-state index in [1.807, 2.05) is 12.1 Å². The lowest BCUT2D eigenvalue weighted by Crippen LogP contribution is -2.56. The van der Waals surface area contributed by atoms with Gasteiger partial charge in [0.05, 0.1) is 0 Å². The van der Waals surface area contributed by atoms with Gasteiger partial charge in [0.1, 0.15) is 6.04 Å². The smallest absolute Gasteiger partial charge is 0.255 e. The van der Waals surface area contributed by atoms with E-state index in [0.717, 1.165) is 36.3 Å². The molecule has 3 amide bonds. The summed E-state index contributed by atoms with van der Waals surface area (Å²) in [7, 11) is 0. The fraction of sp³-hybridized carbons (Fsp3) is 0.625. The van der Waals surface area contributed by atoms with Gasteiger partial charge in [0.15, 0.2) is 0 Å². The zero-order valence-electron chi connectivity index (χ0n) is 18.1. The minimum Gasteiger partial charge on any atom is -0.330 e. The summed E-state index contributed by atoms with van der Waals surface area (Å²) in [5.41, 5.74) is 9.27. The minimum atomic E-state index is -0.566. The average Bonchev–Trinajstić information content (AvgIpc) is 3.06. The Kier molecular flexibility index (Phi) is 5.34. The van der Waals surface area contributed by atoms with Crippen molar-refractivity contribution in [2.75, 3.05) is 13.1 Å². The van der Waals surface area contributed by atoms with E-state index in [4.69, 9.17) is 5.73 Å². The molecule has 1 aromatic carbocycles. The lowest BCUT2D eigenvalue weighted by atomic mass is 9.62. The van der Waals surface area contributed by atoms with Crippen molar-refractivity contribution in [3.8, 4) is 0 Å². The highest BCUT2D eigenvalue weighted by Gasteiger charge is 2.46. The van der Waals surface area contributed by atoms with Crippen LogP contribution in [0.5, 0.6) is 0 Å². The molecule has 5 rings (SSSR count). The van der Waals surface area contributed by atoms with Gasteiger partial charge >= 0.3 is 0 Å². The fourth-order valence-corrected chi connectivity index (χ4v) is 6.22. The Morgan fingerprint density at radius 3 is 2.65 bits per heavy atom. The molecule has 1 saturated carbocycles. The van der Waals surface area contributed by atoms with Crippen molar-refractivity contribution in [2.45, 2.75) is 76.5 Å². The molecule has 0 spiro atoms. The summed E-state index contributed by atoms with van der Waals surface area (Å²) in [6.07, 6.45) is 7.97. The molecular weight excluding hydrogens is 392 g/mol. The molecule has 2 atom stereocenters. The van der Waals surface area contributed by atoms with Crippen molar-refractivity contribution >= 4 is 17.7 Å². The Balaban J connectivity index is 1.38. The second-order valence-corrected chi connectivity index (χ2v) is 9.75. The van der Waals surface area contributed by atoms with Gasteiger partial charge in [-0.25, -0.2) is 0 Å². The standard InChI is InChI=1S/C24H32N4O3/c25-15-24(10-4-11-24)19-7-1-2-12-27(19)13-16-5-3-6-17-14-28(23(31)21(16)17)18-8-9-20(29)26-22(18)30/h3,5-6,18-19H,1-2,4,7-15,25H2,(H,26,29,30). The first-order valence-electron chi connectivity index (χ1n) is 11.7. The van der Waals surface area contributed by atoms with E-state index in [0.29, 0.717) is 19.0 Å². The van der Waals surface area contributed by atoms with Gasteiger partial charge < -0.3 is 10.6 Å². The number of nitrogens with zero attached hydrogens (tertiary/aromatic N) is 2. The monoisotopic (exact) mass is 424 g/mol. The zero-order valence-corrected chi connectivity index (χ0v) is 18.1. The number of hydrogen-bond acceptors (Lipinski definition) is 5. The van der Waals surface area contributed by atoms with E-state index in [2.05, 4.69) is 16.3 Å². The van der Waals surface area contributed by atoms with Crippen LogP contribution in [0.3, 0.4) is 0 Å². The van der Waals surface area contributed by atoms with Gasteiger partial charge in [0.2, 0.25) is 11.8 Å². The normalized spacial score (nSPS) is 28.3. The van der Waals surface area contributed by atoms with Crippen LogP contribution in [0.1, 0.15) is 72.9 Å². The number of benzene rings is 1. The molecule has 0 bridgehead atoms. The maximum Gasteiger partial charge on any atom is 0.255 e. The Labute approximate surface area is 183 Å². The fourth-order valence-electron chi connectivity index (χ4n) is 6.22. The minimum absolute atomic E-state index is 0.0779. The predicted molar refractivity (Wildman–Crippen MR) is 116 cm³/mol. The number of rotatable bonds is 5. The molecule has 7 heteroatoms. The third-order valence-electron chi connectivity index (χ3n) is 8.09. The zero-order chi connectivity index (χ0) is 21.6. The van der Waals surface area contributed by atoms with E-state index in [1.165, 1.54) is 38.5 Å². The van der Waals surface area contributed by atoms with Crippen LogP contribution in [0.4, 0.5) is 0 Å². The van der Waals surface area contributed by atoms with Crippen molar-refractivity contribution in [1.82, 2.24) is 15.1 Å². The van der Waals surface area contributed by atoms with Crippen LogP contribution in [-0.2, 0) is 22.7 Å². The van der Waals surface area contributed by atoms with Gasteiger partial charge in [-0.2, -0.15) is 0 Å². The number of amides is 3. The van der Waals surface area contributed by atoms with E-state index < -0.39 is 6.04 Å². The van der Waals surface area contributed by atoms with E-state index >= 15 is 0 Å². The molecule has 0 aromatic heterocycles. The van der Waals surface area contributed by atoms with Gasteiger partial charge in [-0.3, -0.25) is 24.6 Å². The maximum absolute atomic E-state index is 13.4. The topological polar surface area (TPSA) is 95.7 Å². The number of nitrogens with two attached hydrogens (primary N) is 1. The van der Waals surface area contributed by atoms with E-state index in [9.17, 15) is 14.4 Å². The lowest BCUT2D eigenvalue weighted by molar-refractivity contribution is -0.136. The second-order valence-electron chi connectivity index (χ2n) is 9.75. The summed E-state index contributed by atoms with van der Waals surface area (Å²) in [4.78, 5) is 41.5. The Bertz CT molecular complexity index is 905. The van der Waals surface area contributed by atoms with Gasteiger partial charge in [-0.05, 0) is 61.7 Å². The first-order chi connectivity index (χ1) is 15.0. The molecule has 1 aromatic rings. The molecule has 0 radical (unpaired) electrons. The van der Waals surface area contributed by atoms with Crippen LogP contribution in [-0.4, -0.2) is 52.7 Å². The Morgan fingerprint density at radius 2 is 1.94 bits per heavy atom. The molecule has 166 valence electrons. The quantitative estimate of drug-likeness (QED) is 0.704. The van der Waals surface area contributed by atoms with Crippen LogP contribution < -0.4 is 11.1 Å². The summed E-state index contributed by atoms with van der Waals surface area (Å²) in [5.74, 6) is -0.692. The number of nitrogens with one attached hydrogen (secondary N) is 1. The van der Waals surface area contributed by atoms with Crippen LogP contribution in [0, 0.1) is 5.41 Å². The van der Waals surface area contributed by atoms with Crippen molar-refractivity contribution in [1.29, 1.82) is 0 Å². The summed E-state index contributed by atoms with van der Waals surface area (Å²) >= 11 is 0. The summed E-state index contributed by atoms with van der Waals surface area (Å²) in [6.45, 7) is 2.97. The molecule has 3 aliphatic heterocycles. The Hall–Kier alpha value is -2.25. The molecular formula is C24H32N4O3. The Morgan fingerprint density at radius 1 is 1.10 bits per heavy atom. The number of likely N-dealkylation sites (tertiary alicyclic amines) is 1. The highest BCUT2D eigenvalue weighted by Crippen LogP contribution is 2.48. The first-order valence-corrected chi connectivity index (χ1v) is 11.7. The molecule has 31 heavy (non-hydrogen) atoms. The summed E-state index contributed by atoms with van der Waals surface area (Å²) in [5, 5.41) is 2.38. The van der Waals surface area contributed by atoms with Gasteiger partial charge in [0.25, 0.3) is 5.91 Å². The van der Waals surface area contributed by atoms with Crippen molar-refractivity contribution < 1.29 is 14.4 Å². The molecule has 7 nitrogen and oxygen atoms in total. The molecule has 3 N–H and O–H groups in total. The van der Waals surface area contributed by atoms with E-state index in [-0.39, 0.29) is 29.6 Å². The first kappa shape index (κ1) is 20.6. The number of imide groups is 1. The second kappa shape index (κ2) is 8.02. The number of fused-ring (bicyclic) bond motifs is 1.